The molecule has 1 aromatic carbocycles. The van der Waals surface area contributed by atoms with Crippen molar-refractivity contribution in [3.8, 4) is 0 Å². The fourth-order valence-electron chi connectivity index (χ4n) is 2.15. The van der Waals surface area contributed by atoms with Gasteiger partial charge in [0.25, 0.3) is 0 Å². The van der Waals surface area contributed by atoms with Crippen LogP contribution in [0.5, 0.6) is 0 Å². The molecule has 0 aliphatic carbocycles. The summed E-state index contributed by atoms with van der Waals surface area (Å²) in [6.07, 6.45) is 6.54. The van der Waals surface area contributed by atoms with Gasteiger partial charge in [-0.15, -0.1) is 11.8 Å². The van der Waals surface area contributed by atoms with E-state index in [9.17, 15) is 0 Å². The molecule has 2 heteroatoms. The zero-order chi connectivity index (χ0) is 11.4. The van der Waals surface area contributed by atoms with Gasteiger partial charge in [-0.25, -0.2) is 0 Å². The van der Waals surface area contributed by atoms with Crippen LogP contribution >= 0.6 is 11.8 Å². The molecule has 16 heavy (non-hydrogen) atoms. The predicted molar refractivity (Wildman–Crippen MR) is 78.0 cm³/mol. The first kappa shape index (κ1) is 12.0. The highest BCUT2D eigenvalue weighted by molar-refractivity contribution is 8.05. The van der Waals surface area contributed by atoms with Crippen LogP contribution in [0.15, 0.2) is 40.9 Å². The number of allylic oxidation sites excluding steroid dienone is 1. The van der Waals surface area contributed by atoms with E-state index >= 15 is 0 Å². The van der Waals surface area contributed by atoms with Crippen LogP contribution in [-0.2, 0) is 0 Å². The number of thioether (sulfide) groups is 1. The number of hydrogen-bond acceptors (Lipinski definition) is 1. The van der Waals surface area contributed by atoms with Crippen molar-refractivity contribution in [3.05, 3.63) is 40.9 Å². The van der Waals surface area contributed by atoms with Crippen LogP contribution in [0, 0.1) is 0 Å². The van der Waals surface area contributed by atoms with E-state index in [2.05, 4.69) is 61.3 Å². The second kappa shape index (κ2) is 5.24. The van der Waals surface area contributed by atoms with Crippen molar-refractivity contribution in [2.75, 3.05) is 5.75 Å². The first-order valence-corrected chi connectivity index (χ1v) is 10.1. The van der Waals surface area contributed by atoms with Crippen LogP contribution in [0.25, 0.3) is 0 Å². The Bertz CT molecular complexity index is 368. The first-order valence-electron chi connectivity index (χ1n) is 6.10. The summed E-state index contributed by atoms with van der Waals surface area (Å²) >= 11 is 2.11. The first-order chi connectivity index (χ1) is 7.71. The minimum Gasteiger partial charge on any atom is -0.135 e. The molecule has 0 N–H and O–H groups in total. The van der Waals surface area contributed by atoms with Crippen molar-refractivity contribution >= 4 is 25.0 Å². The average molecular weight is 248 g/mol. The standard InChI is InChI=1S/C14H20SSi/c1-16(2,13-9-5-3-6-10-13)14-11-7-4-8-12-15-14/h3,5-6,9-11H,4,7-8,12H2,1-2H3. The van der Waals surface area contributed by atoms with Gasteiger partial charge < -0.3 is 0 Å². The van der Waals surface area contributed by atoms with Gasteiger partial charge >= 0.3 is 0 Å². The van der Waals surface area contributed by atoms with Crippen LogP contribution < -0.4 is 5.19 Å². The van der Waals surface area contributed by atoms with Gasteiger partial charge in [0.1, 0.15) is 8.07 Å². The topological polar surface area (TPSA) is 0 Å². The van der Waals surface area contributed by atoms with Crippen molar-refractivity contribution in [1.29, 1.82) is 0 Å². The molecule has 86 valence electrons. The summed E-state index contributed by atoms with van der Waals surface area (Å²) in [6, 6.07) is 11.1. The summed E-state index contributed by atoms with van der Waals surface area (Å²) in [4.78, 5) is 0. The Morgan fingerprint density at radius 1 is 1.06 bits per heavy atom. The van der Waals surface area contributed by atoms with Crippen molar-refractivity contribution in [2.24, 2.45) is 0 Å². The quantitative estimate of drug-likeness (QED) is 0.714. The molecule has 1 aliphatic rings. The molecule has 0 unspecified atom stereocenters. The van der Waals surface area contributed by atoms with Crippen LogP contribution in [0.1, 0.15) is 19.3 Å². The van der Waals surface area contributed by atoms with Crippen LogP contribution in [0.2, 0.25) is 13.1 Å². The smallest absolute Gasteiger partial charge is 0.119 e. The number of hydrogen-bond donors (Lipinski definition) is 0. The highest BCUT2D eigenvalue weighted by atomic mass is 32.2. The lowest BCUT2D eigenvalue weighted by Gasteiger charge is -2.25. The molecule has 0 amide bonds. The van der Waals surface area contributed by atoms with Crippen LogP contribution in [0.4, 0.5) is 0 Å². The molecule has 1 aromatic rings. The lowest BCUT2D eigenvalue weighted by molar-refractivity contribution is 0.829. The SMILES string of the molecule is C[Si](C)(C1=CCCCCS1)c1ccccc1. The third-order valence-electron chi connectivity index (χ3n) is 3.30. The van der Waals surface area contributed by atoms with E-state index in [4.69, 9.17) is 0 Å². The fourth-order valence-corrected chi connectivity index (χ4v) is 7.03. The Morgan fingerprint density at radius 2 is 1.81 bits per heavy atom. The Morgan fingerprint density at radius 3 is 2.56 bits per heavy atom. The normalized spacial score (nSPS) is 17.8. The predicted octanol–water partition coefficient (Wildman–Crippen LogP) is 3.94. The molecule has 0 saturated carbocycles. The summed E-state index contributed by atoms with van der Waals surface area (Å²) in [5.41, 5.74) is 0. The zero-order valence-corrected chi connectivity index (χ0v) is 12.0. The largest absolute Gasteiger partial charge is 0.135 e. The molecule has 1 heterocycles. The maximum absolute atomic E-state index is 2.51. The maximum Gasteiger partial charge on any atom is 0.119 e. The van der Waals surface area contributed by atoms with Gasteiger partial charge in [0.15, 0.2) is 0 Å². The molecule has 0 spiro atoms. The van der Waals surface area contributed by atoms with Gasteiger partial charge in [0.2, 0.25) is 0 Å². The van der Waals surface area contributed by atoms with Crippen LogP contribution in [0.3, 0.4) is 0 Å². The maximum atomic E-state index is 2.51. The Balaban J connectivity index is 2.27. The van der Waals surface area contributed by atoms with E-state index in [1.165, 1.54) is 25.0 Å². The van der Waals surface area contributed by atoms with E-state index < -0.39 is 8.07 Å². The van der Waals surface area contributed by atoms with Gasteiger partial charge in [-0.2, -0.15) is 0 Å². The summed E-state index contributed by atoms with van der Waals surface area (Å²) in [6.45, 7) is 4.96. The highest BCUT2D eigenvalue weighted by Gasteiger charge is 2.28. The minimum absolute atomic E-state index is 1.28. The molecule has 0 saturated heterocycles. The molecule has 0 atom stereocenters. The van der Waals surface area contributed by atoms with E-state index in [1.807, 2.05) is 0 Å². The second-order valence-electron chi connectivity index (χ2n) is 4.90. The summed E-state index contributed by atoms with van der Waals surface area (Å²) in [5.74, 6) is 1.31. The molecule has 0 fully saturated rings. The lowest BCUT2D eigenvalue weighted by Crippen LogP contribution is -2.42. The lowest BCUT2D eigenvalue weighted by atomic mass is 10.2. The van der Waals surface area contributed by atoms with E-state index in [1.54, 1.807) is 9.72 Å². The molecule has 0 radical (unpaired) electrons. The molecule has 2 rings (SSSR count). The zero-order valence-electron chi connectivity index (χ0n) is 10.2. The monoisotopic (exact) mass is 248 g/mol. The Labute approximate surface area is 104 Å². The molecular formula is C14H20SSi. The number of rotatable bonds is 2. The molecule has 0 aromatic heterocycles. The van der Waals surface area contributed by atoms with E-state index in [0.29, 0.717) is 0 Å². The summed E-state index contributed by atoms with van der Waals surface area (Å²) in [5, 5.41) is 1.57. The van der Waals surface area contributed by atoms with Crippen molar-refractivity contribution < 1.29 is 0 Å². The number of benzene rings is 1. The van der Waals surface area contributed by atoms with Gasteiger partial charge in [-0.1, -0.05) is 54.7 Å². The van der Waals surface area contributed by atoms with E-state index in [0.717, 1.165) is 0 Å². The molecular weight excluding hydrogens is 228 g/mol. The molecule has 0 nitrogen and oxygen atoms in total. The third-order valence-corrected chi connectivity index (χ3v) is 9.44. The molecule has 1 aliphatic heterocycles. The van der Waals surface area contributed by atoms with Crippen LogP contribution in [-0.4, -0.2) is 13.8 Å². The Hall–Kier alpha value is -0.473. The second-order valence-corrected chi connectivity index (χ2v) is 10.8. The molecule has 0 bridgehead atoms. The Kier molecular flexibility index (Phi) is 3.93. The minimum atomic E-state index is -1.39. The summed E-state index contributed by atoms with van der Waals surface area (Å²) in [7, 11) is -1.39. The average Bonchev–Trinajstić information content (AvgIpc) is 2.59. The van der Waals surface area contributed by atoms with Crippen molar-refractivity contribution in [2.45, 2.75) is 32.4 Å². The van der Waals surface area contributed by atoms with Gasteiger partial charge in [0, 0.05) is 0 Å². The summed E-state index contributed by atoms with van der Waals surface area (Å²) < 4.78 is 1.69. The van der Waals surface area contributed by atoms with Crippen molar-refractivity contribution in [3.63, 3.8) is 0 Å². The van der Waals surface area contributed by atoms with Gasteiger partial charge in [-0.05, 0) is 29.5 Å². The third kappa shape index (κ3) is 2.61. The van der Waals surface area contributed by atoms with E-state index in [-0.39, 0.29) is 0 Å². The van der Waals surface area contributed by atoms with Gasteiger partial charge in [-0.3, -0.25) is 0 Å². The van der Waals surface area contributed by atoms with Gasteiger partial charge in [0.05, 0.1) is 0 Å². The highest BCUT2D eigenvalue weighted by Crippen LogP contribution is 2.30. The fraction of sp³-hybridized carbons (Fsp3) is 0.429. The van der Waals surface area contributed by atoms with Crippen molar-refractivity contribution in [1.82, 2.24) is 0 Å².